The lowest BCUT2D eigenvalue weighted by atomic mass is 10.1. The first-order valence-corrected chi connectivity index (χ1v) is 6.14. The van der Waals surface area contributed by atoms with Crippen LogP contribution in [0.25, 0.3) is 0 Å². The van der Waals surface area contributed by atoms with Crippen LogP contribution in [-0.4, -0.2) is 32.1 Å². The van der Waals surface area contributed by atoms with Crippen molar-refractivity contribution in [2.45, 2.75) is 26.3 Å². The molecule has 0 aliphatic heterocycles. The number of nitrogens with two attached hydrogens (primary N) is 1. The van der Waals surface area contributed by atoms with Crippen LogP contribution in [0.4, 0.5) is 0 Å². The number of rotatable bonds is 6. The Morgan fingerprint density at radius 2 is 2.06 bits per heavy atom. The highest BCUT2D eigenvalue weighted by Gasteiger charge is 2.08. The Labute approximate surface area is 105 Å². The van der Waals surface area contributed by atoms with Gasteiger partial charge in [0, 0.05) is 18.2 Å². The van der Waals surface area contributed by atoms with Gasteiger partial charge < -0.3 is 15.4 Å². The standard InChI is InChI=1S/C14H24N2O/c1-11-6-7-13(12(2)15)14(10-11)17-9-5-8-16(3)4/h6-7,10,12H,5,8-9,15H2,1-4H3/t12-/m0/s1. The van der Waals surface area contributed by atoms with Gasteiger partial charge in [0.2, 0.25) is 0 Å². The topological polar surface area (TPSA) is 38.5 Å². The first kappa shape index (κ1) is 14.0. The van der Waals surface area contributed by atoms with Gasteiger partial charge in [0.1, 0.15) is 5.75 Å². The second-order valence-corrected chi connectivity index (χ2v) is 4.84. The van der Waals surface area contributed by atoms with Crippen LogP contribution in [0.3, 0.4) is 0 Å². The summed E-state index contributed by atoms with van der Waals surface area (Å²) in [5, 5.41) is 0. The summed E-state index contributed by atoms with van der Waals surface area (Å²) in [4.78, 5) is 2.16. The molecule has 0 aromatic heterocycles. The van der Waals surface area contributed by atoms with Crippen molar-refractivity contribution in [1.82, 2.24) is 4.90 Å². The van der Waals surface area contributed by atoms with Gasteiger partial charge in [-0.1, -0.05) is 12.1 Å². The molecule has 0 radical (unpaired) electrons. The summed E-state index contributed by atoms with van der Waals surface area (Å²) in [6.45, 7) is 5.83. The maximum atomic E-state index is 5.93. The highest BCUT2D eigenvalue weighted by Crippen LogP contribution is 2.25. The lowest BCUT2D eigenvalue weighted by Crippen LogP contribution is -2.16. The van der Waals surface area contributed by atoms with Crippen molar-refractivity contribution in [3.63, 3.8) is 0 Å². The molecule has 96 valence electrons. The molecule has 0 spiro atoms. The van der Waals surface area contributed by atoms with E-state index >= 15 is 0 Å². The quantitative estimate of drug-likeness (QED) is 0.771. The third-order valence-corrected chi connectivity index (χ3v) is 2.67. The van der Waals surface area contributed by atoms with Gasteiger partial charge in [-0.2, -0.15) is 0 Å². The molecule has 1 aromatic rings. The highest BCUT2D eigenvalue weighted by atomic mass is 16.5. The second kappa shape index (κ2) is 6.62. The molecule has 0 aliphatic carbocycles. The molecule has 1 rings (SSSR count). The molecule has 0 saturated heterocycles. The Morgan fingerprint density at radius 3 is 2.65 bits per heavy atom. The van der Waals surface area contributed by atoms with E-state index in [1.807, 2.05) is 6.92 Å². The Bertz CT molecular complexity index is 348. The summed E-state index contributed by atoms with van der Waals surface area (Å²) in [6.07, 6.45) is 1.03. The van der Waals surface area contributed by atoms with Gasteiger partial charge in [-0.05, 0) is 46.0 Å². The minimum Gasteiger partial charge on any atom is -0.493 e. The number of benzene rings is 1. The lowest BCUT2D eigenvalue weighted by Gasteiger charge is -2.15. The monoisotopic (exact) mass is 236 g/mol. The Hall–Kier alpha value is -1.06. The molecule has 0 unspecified atom stereocenters. The van der Waals surface area contributed by atoms with E-state index in [1.54, 1.807) is 0 Å². The molecule has 0 saturated carbocycles. The van der Waals surface area contributed by atoms with Gasteiger partial charge in [-0.25, -0.2) is 0 Å². The average Bonchev–Trinajstić information content (AvgIpc) is 2.23. The molecule has 1 aromatic carbocycles. The van der Waals surface area contributed by atoms with Crippen LogP contribution in [-0.2, 0) is 0 Å². The molecule has 3 heteroatoms. The predicted octanol–water partition coefficient (Wildman–Crippen LogP) is 2.35. The molecular formula is C14H24N2O. The molecule has 3 nitrogen and oxygen atoms in total. The van der Waals surface area contributed by atoms with E-state index in [0.717, 1.165) is 30.9 Å². The van der Waals surface area contributed by atoms with Crippen LogP contribution >= 0.6 is 0 Å². The fourth-order valence-corrected chi connectivity index (χ4v) is 1.71. The fourth-order valence-electron chi connectivity index (χ4n) is 1.71. The second-order valence-electron chi connectivity index (χ2n) is 4.84. The van der Waals surface area contributed by atoms with Crippen LogP contribution < -0.4 is 10.5 Å². The summed E-state index contributed by atoms with van der Waals surface area (Å²) in [5.41, 5.74) is 8.22. The molecule has 1 atom stereocenters. The van der Waals surface area contributed by atoms with E-state index in [4.69, 9.17) is 10.5 Å². The highest BCUT2D eigenvalue weighted by molar-refractivity contribution is 5.38. The third kappa shape index (κ3) is 4.75. The average molecular weight is 236 g/mol. The maximum Gasteiger partial charge on any atom is 0.124 e. The van der Waals surface area contributed by atoms with Crippen LogP contribution in [0.5, 0.6) is 5.75 Å². The minimum absolute atomic E-state index is 0.0134. The Kier molecular flexibility index (Phi) is 5.45. The normalized spacial score (nSPS) is 12.8. The van der Waals surface area contributed by atoms with Gasteiger partial charge in [0.05, 0.1) is 6.61 Å². The molecule has 0 fully saturated rings. The number of aryl methyl sites for hydroxylation is 1. The maximum absolute atomic E-state index is 5.93. The van der Waals surface area contributed by atoms with E-state index in [-0.39, 0.29) is 6.04 Å². The summed E-state index contributed by atoms with van der Waals surface area (Å²) in [7, 11) is 4.14. The van der Waals surface area contributed by atoms with Crippen molar-refractivity contribution in [2.75, 3.05) is 27.2 Å². The van der Waals surface area contributed by atoms with Gasteiger partial charge in [0.25, 0.3) is 0 Å². The van der Waals surface area contributed by atoms with Crippen molar-refractivity contribution in [3.8, 4) is 5.75 Å². The first-order chi connectivity index (χ1) is 8.00. The van der Waals surface area contributed by atoms with E-state index in [0.29, 0.717) is 0 Å². The summed E-state index contributed by atoms with van der Waals surface area (Å²) >= 11 is 0. The predicted molar refractivity (Wildman–Crippen MR) is 72.4 cm³/mol. The number of hydrogen-bond donors (Lipinski definition) is 1. The molecule has 0 heterocycles. The lowest BCUT2D eigenvalue weighted by molar-refractivity contribution is 0.278. The number of nitrogens with zero attached hydrogens (tertiary/aromatic N) is 1. The zero-order chi connectivity index (χ0) is 12.8. The Morgan fingerprint density at radius 1 is 1.35 bits per heavy atom. The van der Waals surface area contributed by atoms with Crippen molar-refractivity contribution in [1.29, 1.82) is 0 Å². The third-order valence-electron chi connectivity index (χ3n) is 2.67. The molecule has 0 bridgehead atoms. The number of ether oxygens (including phenoxy) is 1. The van der Waals surface area contributed by atoms with Crippen LogP contribution in [0, 0.1) is 6.92 Å². The Balaban J connectivity index is 2.59. The van der Waals surface area contributed by atoms with Gasteiger partial charge in [0.15, 0.2) is 0 Å². The van der Waals surface area contributed by atoms with Crippen LogP contribution in [0.15, 0.2) is 18.2 Å². The fraction of sp³-hybridized carbons (Fsp3) is 0.571. The smallest absolute Gasteiger partial charge is 0.124 e. The molecule has 2 N–H and O–H groups in total. The largest absolute Gasteiger partial charge is 0.493 e. The van der Waals surface area contributed by atoms with Crippen molar-refractivity contribution >= 4 is 0 Å². The van der Waals surface area contributed by atoms with E-state index in [1.165, 1.54) is 5.56 Å². The zero-order valence-corrected chi connectivity index (χ0v) is 11.4. The zero-order valence-electron chi connectivity index (χ0n) is 11.4. The SMILES string of the molecule is Cc1ccc([C@H](C)N)c(OCCCN(C)C)c1. The van der Waals surface area contributed by atoms with Gasteiger partial charge >= 0.3 is 0 Å². The first-order valence-electron chi connectivity index (χ1n) is 6.14. The van der Waals surface area contributed by atoms with Crippen LogP contribution in [0.1, 0.15) is 30.5 Å². The van der Waals surface area contributed by atoms with Crippen molar-refractivity contribution in [2.24, 2.45) is 5.73 Å². The molecular weight excluding hydrogens is 212 g/mol. The summed E-state index contributed by atoms with van der Waals surface area (Å²) < 4.78 is 5.82. The summed E-state index contributed by atoms with van der Waals surface area (Å²) in [6, 6.07) is 6.21. The molecule has 0 aliphatic rings. The minimum atomic E-state index is 0.0134. The molecule has 0 amide bonds. The van der Waals surface area contributed by atoms with E-state index in [2.05, 4.69) is 44.1 Å². The van der Waals surface area contributed by atoms with Crippen LogP contribution in [0.2, 0.25) is 0 Å². The molecule has 17 heavy (non-hydrogen) atoms. The number of hydrogen-bond acceptors (Lipinski definition) is 3. The van der Waals surface area contributed by atoms with Gasteiger partial charge in [-0.3, -0.25) is 0 Å². The van der Waals surface area contributed by atoms with Crippen molar-refractivity contribution < 1.29 is 4.74 Å². The summed E-state index contributed by atoms with van der Waals surface area (Å²) in [5.74, 6) is 0.929. The van der Waals surface area contributed by atoms with E-state index in [9.17, 15) is 0 Å². The van der Waals surface area contributed by atoms with Crippen molar-refractivity contribution in [3.05, 3.63) is 29.3 Å². The van der Waals surface area contributed by atoms with Gasteiger partial charge in [-0.15, -0.1) is 0 Å². The van der Waals surface area contributed by atoms with E-state index < -0.39 is 0 Å².